The van der Waals surface area contributed by atoms with Crippen LogP contribution in [-0.2, 0) is 17.8 Å². The maximum absolute atomic E-state index is 13.9. The second kappa shape index (κ2) is 14.5. The number of hydrogen-bond acceptors (Lipinski definition) is 6. The number of carbonyl (C=O) groups is 2. The van der Waals surface area contributed by atoms with Gasteiger partial charge in [0.15, 0.2) is 11.5 Å². The number of hydrogen-bond donors (Lipinski definition) is 0. The Balaban J connectivity index is 1.53. The summed E-state index contributed by atoms with van der Waals surface area (Å²) in [6.45, 7) is 6.31. The summed E-state index contributed by atoms with van der Waals surface area (Å²) in [5, 5.41) is 2.44. The Morgan fingerprint density at radius 3 is 2.40 bits per heavy atom. The zero-order valence-corrected chi connectivity index (χ0v) is 25.1. The van der Waals surface area contributed by atoms with Crippen LogP contribution < -0.4 is 9.47 Å². The van der Waals surface area contributed by atoms with Crippen molar-refractivity contribution in [3.63, 3.8) is 0 Å². The minimum absolute atomic E-state index is 0.00570. The molecule has 9 heteroatoms. The monoisotopic (exact) mass is 583 g/mol. The lowest BCUT2D eigenvalue weighted by Gasteiger charge is -2.29. The molecule has 0 radical (unpaired) electrons. The summed E-state index contributed by atoms with van der Waals surface area (Å²) in [5.74, 6) is 1.02. The third-order valence-corrected chi connectivity index (χ3v) is 8.71. The molecule has 0 N–H and O–H groups in total. The van der Waals surface area contributed by atoms with Gasteiger partial charge in [0, 0.05) is 24.5 Å². The minimum atomic E-state index is -0.217. The van der Waals surface area contributed by atoms with Crippen LogP contribution in [0.25, 0.3) is 0 Å². The summed E-state index contributed by atoms with van der Waals surface area (Å²) < 4.78 is 10.8. The van der Waals surface area contributed by atoms with Crippen molar-refractivity contribution in [3.05, 3.63) is 80.5 Å². The lowest BCUT2D eigenvalue weighted by molar-refractivity contribution is -0.132. The fourth-order valence-electron chi connectivity index (χ4n) is 4.92. The molecule has 0 bridgehead atoms. The van der Waals surface area contributed by atoms with Gasteiger partial charge in [0.1, 0.15) is 6.54 Å². The Morgan fingerprint density at radius 2 is 1.73 bits per heavy atom. The van der Waals surface area contributed by atoms with Crippen molar-refractivity contribution in [1.82, 2.24) is 14.7 Å². The summed E-state index contributed by atoms with van der Waals surface area (Å²) >= 11 is 8.04. The van der Waals surface area contributed by atoms with Gasteiger partial charge in [-0.15, -0.1) is 11.3 Å². The van der Waals surface area contributed by atoms with E-state index in [4.69, 9.17) is 21.1 Å². The lowest BCUT2D eigenvalue weighted by Crippen LogP contribution is -2.45. The van der Waals surface area contributed by atoms with Gasteiger partial charge < -0.3 is 24.2 Å². The number of benzene rings is 2. The Morgan fingerprint density at radius 1 is 0.975 bits per heavy atom. The predicted octanol–water partition coefficient (Wildman–Crippen LogP) is 5.54. The second-order valence-corrected chi connectivity index (χ2v) is 11.4. The van der Waals surface area contributed by atoms with Gasteiger partial charge in [-0.2, -0.15) is 0 Å². The first-order valence-corrected chi connectivity index (χ1v) is 14.9. The highest BCUT2D eigenvalue weighted by Gasteiger charge is 2.25. The predicted molar refractivity (Wildman–Crippen MR) is 161 cm³/mol. The highest BCUT2D eigenvalue weighted by Crippen LogP contribution is 2.28. The van der Waals surface area contributed by atoms with E-state index in [-0.39, 0.29) is 18.4 Å². The Hall–Kier alpha value is -3.07. The molecule has 2 heterocycles. The molecule has 1 saturated heterocycles. The van der Waals surface area contributed by atoms with E-state index in [1.165, 1.54) is 12.8 Å². The smallest absolute Gasteiger partial charge is 0.255 e. The van der Waals surface area contributed by atoms with Crippen LogP contribution in [0.3, 0.4) is 0 Å². The number of likely N-dealkylation sites (tertiary alicyclic amines) is 1. The number of thiophene rings is 1. The van der Waals surface area contributed by atoms with Crippen LogP contribution in [0.15, 0.2) is 53.9 Å². The molecular formula is C31H38ClN3O4S. The quantitative estimate of drug-likeness (QED) is 0.264. The van der Waals surface area contributed by atoms with Crippen LogP contribution in [-0.4, -0.2) is 80.0 Å². The third-order valence-electron chi connectivity index (χ3n) is 7.38. The first-order chi connectivity index (χ1) is 19.4. The number of aryl methyl sites for hydroxylation is 1. The minimum Gasteiger partial charge on any atom is -0.493 e. The first kappa shape index (κ1) is 29.9. The number of ether oxygens (including phenoxy) is 2. The molecule has 214 valence electrons. The Labute approximate surface area is 246 Å². The van der Waals surface area contributed by atoms with Gasteiger partial charge >= 0.3 is 0 Å². The maximum atomic E-state index is 13.9. The molecule has 4 rings (SSSR count). The molecule has 1 aliphatic rings. The van der Waals surface area contributed by atoms with Crippen LogP contribution >= 0.6 is 22.9 Å². The van der Waals surface area contributed by atoms with Crippen molar-refractivity contribution in [2.75, 3.05) is 53.5 Å². The molecule has 2 amide bonds. The SMILES string of the molecule is COc1ccc(CCN(Cc2sccc2C)C(=O)CN(CCN2CCCC2)C(=O)c2ccccc2Cl)cc1OC. The van der Waals surface area contributed by atoms with Gasteiger partial charge in [-0.3, -0.25) is 9.59 Å². The summed E-state index contributed by atoms with van der Waals surface area (Å²) in [4.78, 5) is 34.5. The van der Waals surface area contributed by atoms with Crippen molar-refractivity contribution in [2.45, 2.75) is 32.7 Å². The van der Waals surface area contributed by atoms with E-state index in [0.717, 1.165) is 35.6 Å². The van der Waals surface area contributed by atoms with Crippen molar-refractivity contribution in [2.24, 2.45) is 0 Å². The third kappa shape index (κ3) is 7.77. The standard InChI is InChI=1S/C31H38ClN3O4S/c1-23-13-19-40-29(23)21-34(16-12-24-10-11-27(38-2)28(20-24)39-3)30(36)22-35(18-17-33-14-6-7-15-33)31(37)25-8-4-5-9-26(25)32/h4-5,8-11,13,19-20H,6-7,12,14-18,21-22H2,1-3H3. The fraction of sp³-hybridized carbons (Fsp3) is 0.419. The van der Waals surface area contributed by atoms with Crippen molar-refractivity contribution >= 4 is 34.8 Å². The summed E-state index contributed by atoms with van der Waals surface area (Å²) in [7, 11) is 3.23. The largest absolute Gasteiger partial charge is 0.493 e. The molecule has 1 fully saturated rings. The van der Waals surface area contributed by atoms with Gasteiger partial charge in [0.2, 0.25) is 5.91 Å². The average molecular weight is 584 g/mol. The van der Waals surface area contributed by atoms with Crippen molar-refractivity contribution in [3.8, 4) is 11.5 Å². The number of methoxy groups -OCH3 is 2. The first-order valence-electron chi connectivity index (χ1n) is 13.7. The number of nitrogens with zero attached hydrogens (tertiary/aromatic N) is 3. The number of rotatable bonds is 13. The van der Waals surface area contributed by atoms with Gasteiger partial charge in [0.25, 0.3) is 5.91 Å². The van der Waals surface area contributed by atoms with Crippen LogP contribution in [0.2, 0.25) is 5.02 Å². The molecule has 0 saturated carbocycles. The molecule has 3 aromatic rings. The molecule has 0 spiro atoms. The molecule has 2 aromatic carbocycles. The van der Waals surface area contributed by atoms with Gasteiger partial charge in [-0.05, 0) is 86.1 Å². The zero-order valence-electron chi connectivity index (χ0n) is 23.5. The van der Waals surface area contributed by atoms with Gasteiger partial charge in [-0.1, -0.05) is 29.8 Å². The normalized spacial score (nSPS) is 13.3. The zero-order chi connectivity index (χ0) is 28.5. The van der Waals surface area contributed by atoms with Gasteiger partial charge in [0.05, 0.1) is 31.4 Å². The van der Waals surface area contributed by atoms with E-state index >= 15 is 0 Å². The van der Waals surface area contributed by atoms with E-state index in [9.17, 15) is 9.59 Å². The summed E-state index contributed by atoms with van der Waals surface area (Å²) in [6, 6.07) is 14.9. The van der Waals surface area contributed by atoms with E-state index < -0.39 is 0 Å². The Kier molecular flexibility index (Phi) is 10.9. The fourth-order valence-corrected chi connectivity index (χ4v) is 6.06. The highest BCUT2D eigenvalue weighted by atomic mass is 35.5. The molecule has 1 aromatic heterocycles. The molecule has 0 aliphatic carbocycles. The highest BCUT2D eigenvalue weighted by molar-refractivity contribution is 7.10. The molecule has 0 unspecified atom stereocenters. The molecule has 7 nitrogen and oxygen atoms in total. The molecule has 40 heavy (non-hydrogen) atoms. The number of halogens is 1. The molecule has 0 atom stereocenters. The second-order valence-electron chi connectivity index (χ2n) is 10.0. The van der Waals surface area contributed by atoms with Crippen molar-refractivity contribution in [1.29, 1.82) is 0 Å². The Bertz CT molecular complexity index is 1290. The summed E-state index contributed by atoms with van der Waals surface area (Å²) in [6.07, 6.45) is 2.98. The van der Waals surface area contributed by atoms with Gasteiger partial charge in [-0.25, -0.2) is 0 Å². The van der Waals surface area contributed by atoms with Crippen LogP contribution in [0.1, 0.15) is 39.2 Å². The number of carbonyl (C=O) groups excluding carboxylic acids is 2. The summed E-state index contributed by atoms with van der Waals surface area (Å²) in [5.41, 5.74) is 2.62. The molecule has 1 aliphatic heterocycles. The van der Waals surface area contributed by atoms with Crippen LogP contribution in [0.4, 0.5) is 0 Å². The lowest BCUT2D eigenvalue weighted by atomic mass is 10.1. The number of amides is 2. The topological polar surface area (TPSA) is 62.3 Å². The maximum Gasteiger partial charge on any atom is 0.255 e. The average Bonchev–Trinajstić information content (AvgIpc) is 3.64. The van der Waals surface area contributed by atoms with E-state index in [2.05, 4.69) is 17.9 Å². The molecular weight excluding hydrogens is 546 g/mol. The van der Waals surface area contributed by atoms with E-state index in [1.807, 2.05) is 28.5 Å². The van der Waals surface area contributed by atoms with E-state index in [0.29, 0.717) is 48.1 Å². The van der Waals surface area contributed by atoms with Crippen molar-refractivity contribution < 1.29 is 19.1 Å². The van der Waals surface area contributed by atoms with Crippen LogP contribution in [0, 0.1) is 6.92 Å². The van der Waals surface area contributed by atoms with E-state index in [1.54, 1.807) is 54.7 Å². The van der Waals surface area contributed by atoms with Crippen LogP contribution in [0.5, 0.6) is 11.5 Å².